The van der Waals surface area contributed by atoms with Crippen LogP contribution in [0.5, 0.6) is 5.75 Å². The summed E-state index contributed by atoms with van der Waals surface area (Å²) in [5.41, 5.74) is 8.19. The van der Waals surface area contributed by atoms with Gasteiger partial charge in [0, 0.05) is 62.8 Å². The van der Waals surface area contributed by atoms with E-state index in [0.717, 1.165) is 23.4 Å². The van der Waals surface area contributed by atoms with E-state index in [9.17, 15) is 9.59 Å². The molecule has 1 amide bonds. The van der Waals surface area contributed by atoms with E-state index in [1.54, 1.807) is 25.4 Å². The zero-order chi connectivity index (χ0) is 25.0. The van der Waals surface area contributed by atoms with Crippen LogP contribution < -0.4 is 20.7 Å². The molecule has 1 fully saturated rings. The number of amides is 1. The van der Waals surface area contributed by atoms with Crippen LogP contribution in [-0.4, -0.2) is 71.7 Å². The predicted molar refractivity (Wildman–Crippen MR) is 133 cm³/mol. The smallest absolute Gasteiger partial charge is 0.320 e. The van der Waals surface area contributed by atoms with Crippen molar-refractivity contribution < 1.29 is 19.1 Å². The predicted octanol–water partition coefficient (Wildman–Crippen LogP) is 1.81. The zero-order valence-corrected chi connectivity index (χ0v) is 20.4. The lowest BCUT2D eigenvalue weighted by Gasteiger charge is -2.36. The molecule has 0 atom stereocenters. The minimum atomic E-state index is -0.390. The number of fused-ring (bicyclic) bond motifs is 1. The maximum atomic E-state index is 13.2. The molecule has 0 bridgehead atoms. The molecule has 0 aliphatic carbocycles. The Bertz CT molecular complexity index is 1110. The number of nitrogens with zero attached hydrogens (tertiary/aromatic N) is 4. The summed E-state index contributed by atoms with van der Waals surface area (Å²) in [4.78, 5) is 37.6. The molecular weight excluding hydrogens is 448 g/mol. The van der Waals surface area contributed by atoms with E-state index in [1.165, 1.54) is 6.20 Å². The quantitative estimate of drug-likeness (QED) is 0.451. The van der Waals surface area contributed by atoms with Gasteiger partial charge in [-0.25, -0.2) is 9.97 Å². The van der Waals surface area contributed by atoms with Gasteiger partial charge in [0.25, 0.3) is 5.91 Å². The molecule has 0 unspecified atom stereocenters. The van der Waals surface area contributed by atoms with Crippen LogP contribution in [0.2, 0.25) is 0 Å². The van der Waals surface area contributed by atoms with Gasteiger partial charge in [0.1, 0.15) is 11.4 Å². The van der Waals surface area contributed by atoms with E-state index in [0.29, 0.717) is 38.5 Å². The fraction of sp³-hybridized carbons (Fsp3) is 0.440. The highest BCUT2D eigenvalue weighted by Gasteiger charge is 2.33. The molecule has 3 heterocycles. The molecule has 2 aliphatic heterocycles. The Labute approximate surface area is 205 Å². The second-order valence-electron chi connectivity index (χ2n) is 9.19. The standard InChI is InChI=1S/C25H32N6O4/c1-4-34-22(32)16-30-8-10-31(11-9-30)20-13-21-17(14-25(2,3)35-21)12-19(20)29-24(33)18(15-26)23-27-6-5-7-28-23/h5-7,12-13,15H,4,8-11,14,16,26H2,1-3H3,(H,29,33). The zero-order valence-electron chi connectivity index (χ0n) is 20.4. The van der Waals surface area contributed by atoms with Crippen molar-refractivity contribution in [2.24, 2.45) is 5.73 Å². The number of benzene rings is 1. The van der Waals surface area contributed by atoms with E-state index < -0.39 is 0 Å². The number of ether oxygens (including phenoxy) is 2. The molecule has 1 aromatic heterocycles. The van der Waals surface area contributed by atoms with E-state index in [1.807, 2.05) is 26.0 Å². The highest BCUT2D eigenvalue weighted by Crippen LogP contribution is 2.42. The van der Waals surface area contributed by atoms with Crippen molar-refractivity contribution in [2.45, 2.75) is 32.8 Å². The Morgan fingerprint density at radius 1 is 1.20 bits per heavy atom. The Kier molecular flexibility index (Phi) is 7.20. The molecule has 10 heteroatoms. The van der Waals surface area contributed by atoms with Crippen molar-refractivity contribution in [1.29, 1.82) is 0 Å². The third kappa shape index (κ3) is 5.71. The first-order chi connectivity index (χ1) is 16.8. The highest BCUT2D eigenvalue weighted by atomic mass is 16.5. The molecule has 2 aromatic rings. The molecule has 0 radical (unpaired) electrons. The molecule has 0 saturated carbocycles. The van der Waals surface area contributed by atoms with Gasteiger partial charge < -0.3 is 25.4 Å². The maximum absolute atomic E-state index is 13.2. The number of hydrogen-bond acceptors (Lipinski definition) is 9. The number of nitrogens with one attached hydrogen (secondary N) is 1. The van der Waals surface area contributed by atoms with Crippen molar-refractivity contribution in [1.82, 2.24) is 14.9 Å². The van der Waals surface area contributed by atoms with E-state index in [-0.39, 0.29) is 35.4 Å². The first-order valence-electron chi connectivity index (χ1n) is 11.8. The average molecular weight is 481 g/mol. The van der Waals surface area contributed by atoms with Gasteiger partial charge in [0.2, 0.25) is 0 Å². The summed E-state index contributed by atoms with van der Waals surface area (Å²) >= 11 is 0. The van der Waals surface area contributed by atoms with Crippen molar-refractivity contribution in [3.8, 4) is 5.75 Å². The second-order valence-corrected chi connectivity index (χ2v) is 9.19. The van der Waals surface area contributed by atoms with Crippen molar-refractivity contribution >= 4 is 28.8 Å². The van der Waals surface area contributed by atoms with Crippen LogP contribution >= 0.6 is 0 Å². The summed E-state index contributed by atoms with van der Waals surface area (Å²) in [7, 11) is 0. The summed E-state index contributed by atoms with van der Waals surface area (Å²) in [6.45, 7) is 9.30. The fourth-order valence-electron chi connectivity index (χ4n) is 4.42. The van der Waals surface area contributed by atoms with E-state index >= 15 is 0 Å². The third-order valence-corrected chi connectivity index (χ3v) is 6.02. The average Bonchev–Trinajstić information content (AvgIpc) is 3.13. The molecule has 1 saturated heterocycles. The van der Waals surface area contributed by atoms with Gasteiger partial charge in [0.05, 0.1) is 30.1 Å². The molecule has 2 aliphatic rings. The molecule has 0 spiro atoms. The summed E-state index contributed by atoms with van der Waals surface area (Å²) < 4.78 is 11.2. The van der Waals surface area contributed by atoms with Crippen molar-refractivity contribution in [2.75, 3.05) is 49.5 Å². The number of carbonyl (C=O) groups excluding carboxylic acids is 2. The van der Waals surface area contributed by atoms with E-state index in [4.69, 9.17) is 15.2 Å². The van der Waals surface area contributed by atoms with Gasteiger partial charge in [-0.2, -0.15) is 0 Å². The number of nitrogens with two attached hydrogens (primary N) is 1. The first kappa shape index (κ1) is 24.5. The van der Waals surface area contributed by atoms with Crippen LogP contribution in [0.25, 0.3) is 5.57 Å². The Morgan fingerprint density at radius 2 is 1.91 bits per heavy atom. The van der Waals surface area contributed by atoms with E-state index in [2.05, 4.69) is 25.1 Å². The molecule has 1 aromatic carbocycles. The number of carbonyl (C=O) groups is 2. The number of hydrogen-bond donors (Lipinski definition) is 2. The van der Waals surface area contributed by atoms with Crippen LogP contribution in [0.15, 0.2) is 36.8 Å². The van der Waals surface area contributed by atoms with Gasteiger partial charge in [0.15, 0.2) is 5.82 Å². The van der Waals surface area contributed by atoms with Crippen LogP contribution in [0, 0.1) is 0 Å². The van der Waals surface area contributed by atoms with Gasteiger partial charge >= 0.3 is 5.97 Å². The molecular formula is C25H32N6O4. The normalized spacial score (nSPS) is 17.5. The Balaban J connectivity index is 1.57. The van der Waals surface area contributed by atoms with Gasteiger partial charge in [-0.3, -0.25) is 14.5 Å². The van der Waals surface area contributed by atoms with Gasteiger partial charge in [-0.05, 0) is 32.9 Å². The monoisotopic (exact) mass is 480 g/mol. The molecule has 3 N–H and O–H groups in total. The van der Waals surface area contributed by atoms with Crippen molar-refractivity contribution in [3.05, 3.63) is 48.2 Å². The lowest BCUT2D eigenvalue weighted by molar-refractivity contribution is -0.144. The number of anilines is 2. The fourth-order valence-corrected chi connectivity index (χ4v) is 4.42. The highest BCUT2D eigenvalue weighted by molar-refractivity contribution is 6.24. The lowest BCUT2D eigenvalue weighted by Crippen LogP contribution is -2.48. The first-order valence-corrected chi connectivity index (χ1v) is 11.8. The van der Waals surface area contributed by atoms with Crippen LogP contribution in [0.1, 0.15) is 32.2 Å². The Hall–Kier alpha value is -3.66. The minimum Gasteiger partial charge on any atom is -0.487 e. The third-order valence-electron chi connectivity index (χ3n) is 6.02. The number of aromatic nitrogens is 2. The number of piperazine rings is 1. The summed E-state index contributed by atoms with van der Waals surface area (Å²) in [5, 5.41) is 3.02. The maximum Gasteiger partial charge on any atom is 0.320 e. The topological polar surface area (TPSA) is 123 Å². The van der Waals surface area contributed by atoms with Crippen LogP contribution in [0.3, 0.4) is 0 Å². The lowest BCUT2D eigenvalue weighted by atomic mass is 10.0. The largest absolute Gasteiger partial charge is 0.487 e. The molecule has 186 valence electrons. The second kappa shape index (κ2) is 10.3. The van der Waals surface area contributed by atoms with Crippen LogP contribution in [0.4, 0.5) is 11.4 Å². The number of rotatable bonds is 7. The molecule has 10 nitrogen and oxygen atoms in total. The summed E-state index contributed by atoms with van der Waals surface area (Å²) in [6, 6.07) is 5.64. The molecule has 35 heavy (non-hydrogen) atoms. The van der Waals surface area contributed by atoms with Crippen LogP contribution in [-0.2, 0) is 20.7 Å². The molecule has 4 rings (SSSR count). The Morgan fingerprint density at radius 3 is 2.57 bits per heavy atom. The SMILES string of the molecule is CCOC(=O)CN1CCN(c2cc3c(cc2NC(=O)C(=CN)c2ncccn2)CC(C)(C)O3)CC1. The summed E-state index contributed by atoms with van der Waals surface area (Å²) in [5.74, 6) is 0.468. The van der Waals surface area contributed by atoms with Crippen molar-refractivity contribution in [3.63, 3.8) is 0 Å². The number of esters is 1. The van der Waals surface area contributed by atoms with Gasteiger partial charge in [-0.15, -0.1) is 0 Å². The summed E-state index contributed by atoms with van der Waals surface area (Å²) in [6.07, 6.45) is 5.09. The minimum absolute atomic E-state index is 0.188. The van der Waals surface area contributed by atoms with Gasteiger partial charge in [-0.1, -0.05) is 0 Å².